The van der Waals surface area contributed by atoms with Crippen LogP contribution >= 0.6 is 11.8 Å². The van der Waals surface area contributed by atoms with Crippen LogP contribution < -0.4 is 5.32 Å². The number of hydrogen-bond donors (Lipinski definition) is 1. The zero-order chi connectivity index (χ0) is 14.8. The molecule has 1 aromatic rings. The molecular weight excluding hydrogens is 282 g/mol. The lowest BCUT2D eigenvalue weighted by molar-refractivity contribution is -0.118. The molecule has 0 saturated heterocycles. The van der Waals surface area contributed by atoms with Crippen LogP contribution in [0.5, 0.6) is 0 Å². The van der Waals surface area contributed by atoms with Crippen LogP contribution in [0.3, 0.4) is 0 Å². The Kier molecular flexibility index (Phi) is 8.16. The van der Waals surface area contributed by atoms with Gasteiger partial charge in [-0.3, -0.25) is 4.79 Å². The molecule has 0 aliphatic heterocycles. The van der Waals surface area contributed by atoms with Crippen molar-refractivity contribution < 1.29 is 14.3 Å². The van der Waals surface area contributed by atoms with Gasteiger partial charge < -0.3 is 14.8 Å². The summed E-state index contributed by atoms with van der Waals surface area (Å²) < 4.78 is 11.7. The lowest BCUT2D eigenvalue weighted by Crippen LogP contribution is -2.26. The van der Waals surface area contributed by atoms with E-state index in [0.717, 1.165) is 12.8 Å². The van der Waals surface area contributed by atoms with E-state index in [9.17, 15) is 4.79 Å². The highest BCUT2D eigenvalue weighted by Crippen LogP contribution is 2.13. The largest absolute Gasteiger partial charge is 0.355 e. The van der Waals surface area contributed by atoms with Crippen molar-refractivity contribution in [2.24, 2.45) is 0 Å². The third-order valence-corrected chi connectivity index (χ3v) is 3.49. The Morgan fingerprint density at radius 1 is 1.45 bits per heavy atom. The van der Waals surface area contributed by atoms with Crippen LogP contribution in [0.1, 0.15) is 19.8 Å². The van der Waals surface area contributed by atoms with Gasteiger partial charge in [-0.05, 0) is 16.8 Å². The lowest BCUT2D eigenvalue weighted by Gasteiger charge is -2.13. The Hall–Kier alpha value is -1.19. The van der Waals surface area contributed by atoms with Crippen LogP contribution in [0.25, 0.3) is 0 Å². The number of nitrogens with one attached hydrogen (secondary N) is 1. The molecule has 1 N–H and O–H groups in total. The fourth-order valence-electron chi connectivity index (χ4n) is 1.39. The van der Waals surface area contributed by atoms with Crippen molar-refractivity contribution in [1.29, 1.82) is 0 Å². The van der Waals surface area contributed by atoms with Crippen molar-refractivity contribution in [3.05, 3.63) is 0 Å². The van der Waals surface area contributed by atoms with E-state index in [2.05, 4.69) is 27.8 Å². The number of unbranched alkanes of at least 4 members (excludes halogenated alkanes) is 1. The van der Waals surface area contributed by atoms with Gasteiger partial charge in [-0.15, -0.1) is 5.10 Å². The number of aromatic nitrogens is 4. The highest BCUT2D eigenvalue weighted by atomic mass is 32.2. The Labute approximate surface area is 122 Å². The van der Waals surface area contributed by atoms with Crippen molar-refractivity contribution >= 4 is 17.7 Å². The van der Waals surface area contributed by atoms with Crippen molar-refractivity contribution in [3.8, 4) is 0 Å². The monoisotopic (exact) mass is 303 g/mol. The van der Waals surface area contributed by atoms with Gasteiger partial charge in [-0.2, -0.15) is 0 Å². The predicted octanol–water partition coefficient (Wildman–Crippen LogP) is 0.300. The van der Waals surface area contributed by atoms with Gasteiger partial charge in [0.1, 0.15) is 0 Å². The molecule has 0 fully saturated rings. The number of ether oxygens (including phenoxy) is 2. The van der Waals surface area contributed by atoms with E-state index in [1.807, 2.05) is 0 Å². The number of tetrazole rings is 1. The van der Waals surface area contributed by atoms with E-state index >= 15 is 0 Å². The molecular formula is C11H21N5O3S. The number of methoxy groups -OCH3 is 2. The summed E-state index contributed by atoms with van der Waals surface area (Å²) in [6.07, 6.45) is 1.62. The van der Waals surface area contributed by atoms with E-state index in [1.165, 1.54) is 11.8 Å². The Bertz CT molecular complexity index is 397. The number of carbonyl (C=O) groups is 1. The fourth-order valence-corrected chi connectivity index (χ4v) is 2.10. The minimum atomic E-state index is -0.420. The fraction of sp³-hybridized carbons (Fsp3) is 0.818. The topological polar surface area (TPSA) is 91.2 Å². The van der Waals surface area contributed by atoms with Crippen molar-refractivity contribution in [2.75, 3.05) is 26.5 Å². The van der Waals surface area contributed by atoms with Gasteiger partial charge in [-0.1, -0.05) is 25.1 Å². The van der Waals surface area contributed by atoms with Gasteiger partial charge in [0.2, 0.25) is 11.1 Å². The number of thioether (sulfide) groups is 1. The molecule has 20 heavy (non-hydrogen) atoms. The van der Waals surface area contributed by atoms with Crippen LogP contribution in [-0.2, 0) is 20.8 Å². The van der Waals surface area contributed by atoms with Gasteiger partial charge in [-0.25, -0.2) is 4.68 Å². The van der Waals surface area contributed by atoms with Crippen LogP contribution in [0.15, 0.2) is 5.16 Å². The average Bonchev–Trinajstić information content (AvgIpc) is 2.90. The molecule has 1 heterocycles. The van der Waals surface area contributed by atoms with Crippen molar-refractivity contribution in [2.45, 2.75) is 37.8 Å². The van der Waals surface area contributed by atoms with Gasteiger partial charge >= 0.3 is 0 Å². The summed E-state index contributed by atoms with van der Waals surface area (Å²) in [5.74, 6) is 0.266. The summed E-state index contributed by atoms with van der Waals surface area (Å²) >= 11 is 1.29. The Morgan fingerprint density at radius 3 is 2.85 bits per heavy atom. The second-order valence-electron chi connectivity index (χ2n) is 4.04. The molecule has 1 amide bonds. The third kappa shape index (κ3) is 5.85. The molecule has 1 aromatic heterocycles. The van der Waals surface area contributed by atoms with Crippen molar-refractivity contribution in [3.63, 3.8) is 0 Å². The van der Waals surface area contributed by atoms with E-state index < -0.39 is 6.29 Å². The average molecular weight is 303 g/mol. The Balaban J connectivity index is 2.40. The quantitative estimate of drug-likeness (QED) is 0.377. The molecule has 0 aromatic carbocycles. The van der Waals surface area contributed by atoms with Gasteiger partial charge in [0.15, 0.2) is 6.29 Å². The number of amides is 1. The van der Waals surface area contributed by atoms with E-state index in [4.69, 9.17) is 9.47 Å². The molecule has 0 unspecified atom stereocenters. The summed E-state index contributed by atoms with van der Waals surface area (Å²) in [5, 5.41) is 14.7. The third-order valence-electron chi connectivity index (χ3n) is 2.53. The molecule has 0 saturated carbocycles. The first-order valence-corrected chi connectivity index (χ1v) is 7.41. The molecule has 0 bridgehead atoms. The zero-order valence-electron chi connectivity index (χ0n) is 12.0. The smallest absolute Gasteiger partial charge is 0.230 e. The second-order valence-corrected chi connectivity index (χ2v) is 4.98. The summed E-state index contributed by atoms with van der Waals surface area (Å²) in [5.41, 5.74) is 0. The molecule has 0 spiro atoms. The number of carbonyl (C=O) groups excluding carboxylic acids is 1. The Morgan fingerprint density at radius 2 is 2.20 bits per heavy atom. The minimum Gasteiger partial charge on any atom is -0.355 e. The van der Waals surface area contributed by atoms with Gasteiger partial charge in [0, 0.05) is 20.8 Å². The summed E-state index contributed by atoms with van der Waals surface area (Å²) in [4.78, 5) is 11.6. The molecule has 0 aliphatic carbocycles. The van der Waals surface area contributed by atoms with Crippen LogP contribution in [-0.4, -0.2) is 58.9 Å². The highest BCUT2D eigenvalue weighted by molar-refractivity contribution is 7.99. The number of nitrogens with zero attached hydrogens (tertiary/aromatic N) is 4. The van der Waals surface area contributed by atoms with Crippen molar-refractivity contribution in [1.82, 2.24) is 25.5 Å². The maximum Gasteiger partial charge on any atom is 0.230 e. The summed E-state index contributed by atoms with van der Waals surface area (Å²) in [6.45, 7) is 3.16. The zero-order valence-corrected chi connectivity index (χ0v) is 12.9. The second kappa shape index (κ2) is 9.67. The molecule has 0 aliphatic rings. The molecule has 114 valence electrons. The summed E-state index contributed by atoms with van der Waals surface area (Å²) in [6, 6.07) is 0. The minimum absolute atomic E-state index is 0.0203. The van der Waals surface area contributed by atoms with E-state index in [1.54, 1.807) is 18.9 Å². The maximum absolute atomic E-state index is 11.6. The van der Waals surface area contributed by atoms with E-state index in [0.29, 0.717) is 18.2 Å². The SMILES string of the molecule is CCCCNC(=O)CSc1nnnn1CC(OC)OC. The van der Waals surface area contributed by atoms with Gasteiger partial charge in [0.25, 0.3) is 0 Å². The summed E-state index contributed by atoms with van der Waals surface area (Å²) in [7, 11) is 3.10. The number of hydrogen-bond acceptors (Lipinski definition) is 7. The highest BCUT2D eigenvalue weighted by Gasteiger charge is 2.14. The molecule has 1 rings (SSSR count). The first-order chi connectivity index (χ1) is 9.71. The lowest BCUT2D eigenvalue weighted by atomic mass is 10.3. The molecule has 0 radical (unpaired) electrons. The van der Waals surface area contributed by atoms with Gasteiger partial charge in [0.05, 0.1) is 12.3 Å². The predicted molar refractivity (Wildman–Crippen MR) is 74.3 cm³/mol. The first-order valence-electron chi connectivity index (χ1n) is 6.42. The maximum atomic E-state index is 11.6. The van der Waals surface area contributed by atoms with Crippen LogP contribution in [0, 0.1) is 0 Å². The van der Waals surface area contributed by atoms with Crippen LogP contribution in [0.4, 0.5) is 0 Å². The van der Waals surface area contributed by atoms with Crippen LogP contribution in [0.2, 0.25) is 0 Å². The standard InChI is InChI=1S/C11H21N5O3S/c1-4-5-6-12-9(17)8-20-11-13-14-15-16(11)7-10(18-2)19-3/h10H,4-8H2,1-3H3,(H,12,17). The molecule has 9 heteroatoms. The van der Waals surface area contributed by atoms with E-state index in [-0.39, 0.29) is 11.7 Å². The molecule has 0 atom stereocenters. The normalized spacial score (nSPS) is 11.0. The molecule has 8 nitrogen and oxygen atoms in total. The number of rotatable bonds is 10. The first kappa shape index (κ1) is 16.9.